The molecule has 0 radical (unpaired) electrons. The van der Waals surface area contributed by atoms with Gasteiger partial charge in [0.25, 0.3) is 7.82 Å². The van der Waals surface area contributed by atoms with Crippen LogP contribution in [0.25, 0.3) is 0 Å². The molecule has 3 atom stereocenters. The third-order valence-electron chi connectivity index (χ3n) is 17.4. The lowest BCUT2D eigenvalue weighted by Crippen LogP contribution is -2.47. The van der Waals surface area contributed by atoms with Crippen LogP contribution in [0.2, 0.25) is 0 Å². The van der Waals surface area contributed by atoms with Crippen LogP contribution in [0.3, 0.4) is 0 Å². The summed E-state index contributed by atoms with van der Waals surface area (Å²) in [5.41, 5.74) is 0. The van der Waals surface area contributed by atoms with Gasteiger partial charge in [0, 0.05) is 12.8 Å². The van der Waals surface area contributed by atoms with Crippen molar-refractivity contribution in [1.82, 2.24) is 5.32 Å². The minimum atomic E-state index is -4.70. The van der Waals surface area contributed by atoms with Crippen molar-refractivity contribution in [3.8, 4) is 0 Å². The first-order valence-electron chi connectivity index (χ1n) is 37.6. The largest absolute Gasteiger partial charge is 0.756 e. The predicted octanol–water partition coefficient (Wildman–Crippen LogP) is 23.4. The van der Waals surface area contributed by atoms with Crippen LogP contribution >= 0.6 is 7.82 Å². The van der Waals surface area contributed by atoms with Crippen LogP contribution in [0.5, 0.6) is 0 Å². The van der Waals surface area contributed by atoms with Crippen LogP contribution in [0.15, 0.2) is 24.3 Å². The minimum absolute atomic E-state index is 0.0179. The molecule has 0 aliphatic rings. The third-order valence-corrected chi connectivity index (χ3v) is 18.3. The van der Waals surface area contributed by atoms with Gasteiger partial charge in [-0.25, -0.2) is 0 Å². The topological polar surface area (TPSA) is 114 Å². The number of unbranched alkanes of at least 4 members (excludes halogenated alkanes) is 52. The Labute approximate surface area is 530 Å². The number of rotatable bonds is 70. The van der Waals surface area contributed by atoms with Crippen molar-refractivity contribution < 1.29 is 37.3 Å². The van der Waals surface area contributed by atoms with Crippen molar-refractivity contribution in [3.63, 3.8) is 0 Å². The molecule has 0 aliphatic carbocycles. The number of nitrogens with one attached hydrogen (secondary N) is 1. The highest BCUT2D eigenvalue weighted by molar-refractivity contribution is 7.45. The predicted molar refractivity (Wildman–Crippen MR) is 367 cm³/mol. The van der Waals surface area contributed by atoms with Gasteiger partial charge in [-0.15, -0.1) is 0 Å². The molecule has 10 heteroatoms. The van der Waals surface area contributed by atoms with E-state index in [1.807, 2.05) is 33.3 Å². The molecule has 0 bridgehead atoms. The van der Waals surface area contributed by atoms with Gasteiger partial charge >= 0.3 is 5.97 Å². The van der Waals surface area contributed by atoms with Crippen molar-refractivity contribution in [3.05, 3.63) is 24.3 Å². The Bertz CT molecular complexity index is 1500. The molecule has 504 valence electrons. The first-order valence-corrected chi connectivity index (χ1v) is 39.1. The average molecular weight is 1220 g/mol. The second-order valence-corrected chi connectivity index (χ2v) is 28.6. The second kappa shape index (κ2) is 65.4. The van der Waals surface area contributed by atoms with Gasteiger partial charge < -0.3 is 28.5 Å². The van der Waals surface area contributed by atoms with Gasteiger partial charge in [0.05, 0.1) is 33.8 Å². The number of quaternary nitrogens is 1. The Morgan fingerprint density at radius 2 is 0.682 bits per heavy atom. The summed E-state index contributed by atoms with van der Waals surface area (Å²) < 4.78 is 30.5. The molecule has 0 fully saturated rings. The molecule has 0 aromatic heterocycles. The van der Waals surface area contributed by atoms with Crippen molar-refractivity contribution >= 4 is 19.7 Å². The molecule has 0 saturated carbocycles. The second-order valence-electron chi connectivity index (χ2n) is 27.2. The number of hydrogen-bond donors (Lipinski definition) is 1. The fourth-order valence-corrected chi connectivity index (χ4v) is 12.3. The smallest absolute Gasteiger partial charge is 0.306 e. The summed E-state index contributed by atoms with van der Waals surface area (Å²) in [6, 6.07) is -0.883. The highest BCUT2D eigenvalue weighted by atomic mass is 31.2. The molecule has 1 amide bonds. The number of nitrogens with zero attached hydrogens (tertiary/aromatic N) is 1. The number of phosphoric acid groups is 1. The SMILES string of the molecule is CCCCCCCC/C=C/CCCCCCCCCCCCCCCC(=O)OC(/C=C/CCCCCCCCCCC)C(COP(=O)([O-])OCC[N+](C)(C)C)NC(=O)CCCCCCCCCCCCCCCCCCCCCCCCCCC. The maximum atomic E-state index is 13.6. The Balaban J connectivity index is 4.91. The van der Waals surface area contributed by atoms with E-state index in [0.29, 0.717) is 17.4 Å². The van der Waals surface area contributed by atoms with E-state index in [2.05, 4.69) is 38.2 Å². The molecular formula is C75H147N2O7P. The van der Waals surface area contributed by atoms with Gasteiger partial charge in [-0.05, 0) is 57.4 Å². The van der Waals surface area contributed by atoms with Crippen molar-refractivity contribution in [2.45, 2.75) is 405 Å². The Kier molecular flexibility index (Phi) is 64.3. The summed E-state index contributed by atoms with van der Waals surface area (Å²) in [6.07, 6.45) is 80.3. The van der Waals surface area contributed by atoms with E-state index in [1.54, 1.807) is 0 Å². The van der Waals surface area contributed by atoms with Crippen LogP contribution in [0, 0.1) is 0 Å². The van der Waals surface area contributed by atoms with E-state index in [4.69, 9.17) is 13.8 Å². The molecule has 0 saturated heterocycles. The number of allylic oxidation sites excluding steroid dienone is 3. The summed E-state index contributed by atoms with van der Waals surface area (Å²) in [6.45, 7) is 6.91. The van der Waals surface area contributed by atoms with E-state index in [9.17, 15) is 19.0 Å². The zero-order valence-corrected chi connectivity index (χ0v) is 58.7. The van der Waals surface area contributed by atoms with Crippen LogP contribution in [0.4, 0.5) is 0 Å². The summed E-state index contributed by atoms with van der Waals surface area (Å²) in [5.74, 6) is -0.517. The monoisotopic (exact) mass is 1220 g/mol. The molecule has 0 rings (SSSR count). The fourth-order valence-electron chi connectivity index (χ4n) is 11.6. The summed E-state index contributed by atoms with van der Waals surface area (Å²) in [7, 11) is 1.21. The van der Waals surface area contributed by atoms with Gasteiger partial charge in [0.1, 0.15) is 19.3 Å². The number of hydrogen-bond acceptors (Lipinski definition) is 7. The quantitative estimate of drug-likeness (QED) is 0.0212. The molecule has 0 aromatic rings. The Hall–Kier alpha value is -1.51. The maximum absolute atomic E-state index is 13.6. The minimum Gasteiger partial charge on any atom is -0.756 e. The van der Waals surface area contributed by atoms with E-state index in [-0.39, 0.29) is 31.5 Å². The molecule has 0 aliphatic heterocycles. The summed E-state index contributed by atoms with van der Waals surface area (Å²) in [5, 5.41) is 3.05. The van der Waals surface area contributed by atoms with Crippen LogP contribution in [-0.4, -0.2) is 69.4 Å². The molecule has 0 aromatic carbocycles. The lowest BCUT2D eigenvalue weighted by Gasteiger charge is -2.30. The Morgan fingerprint density at radius 3 is 1.00 bits per heavy atom. The fraction of sp³-hybridized carbons (Fsp3) is 0.920. The maximum Gasteiger partial charge on any atom is 0.306 e. The first kappa shape index (κ1) is 83.5. The van der Waals surface area contributed by atoms with Gasteiger partial charge in [0.15, 0.2) is 0 Å². The highest BCUT2D eigenvalue weighted by Gasteiger charge is 2.27. The van der Waals surface area contributed by atoms with Crippen molar-refractivity contribution in [2.75, 3.05) is 40.9 Å². The van der Waals surface area contributed by atoms with Crippen molar-refractivity contribution in [1.29, 1.82) is 0 Å². The zero-order chi connectivity index (χ0) is 62.1. The van der Waals surface area contributed by atoms with Gasteiger partial charge in [-0.3, -0.25) is 14.2 Å². The number of esters is 1. The zero-order valence-electron chi connectivity index (χ0n) is 57.8. The lowest BCUT2D eigenvalue weighted by molar-refractivity contribution is -0.870. The van der Waals surface area contributed by atoms with E-state index >= 15 is 0 Å². The first-order chi connectivity index (χ1) is 41.4. The standard InChI is InChI=1S/C75H147N2O7P/c1-7-10-13-16-19-22-25-27-29-31-33-35-37-38-40-41-43-45-47-49-52-55-58-61-64-67-74(78)76-72(71-83-85(80,81)82-70-69-77(4,5)6)73(66-63-60-57-54-51-24-21-18-15-12-9-3)84-75(79)68-65-62-59-56-53-50-48-46-44-42-39-36-34-32-30-28-26-23-20-17-14-11-8-2/h28,30,63,66,72-73H,7-27,29,31-62,64-65,67-71H2,1-6H3,(H-,76,78,80,81)/b30-28+,66-63+. The molecular weight excluding hydrogens is 1070 g/mol. The average Bonchev–Trinajstić information content (AvgIpc) is 3.62. The number of ether oxygens (including phenoxy) is 1. The summed E-state index contributed by atoms with van der Waals surface area (Å²) >= 11 is 0. The van der Waals surface area contributed by atoms with Gasteiger partial charge in [0.2, 0.25) is 5.91 Å². The molecule has 1 N–H and O–H groups in total. The number of carbonyl (C=O) groups excluding carboxylic acids is 2. The summed E-state index contributed by atoms with van der Waals surface area (Å²) in [4.78, 5) is 40.2. The lowest BCUT2D eigenvalue weighted by atomic mass is 10.0. The molecule has 85 heavy (non-hydrogen) atoms. The number of likely N-dealkylation sites (N-methyl/N-ethyl adjacent to an activating group) is 1. The molecule has 3 unspecified atom stereocenters. The van der Waals surface area contributed by atoms with Crippen LogP contribution in [-0.2, 0) is 27.9 Å². The van der Waals surface area contributed by atoms with Crippen molar-refractivity contribution in [2.24, 2.45) is 0 Å². The van der Waals surface area contributed by atoms with E-state index < -0.39 is 20.0 Å². The van der Waals surface area contributed by atoms with E-state index in [1.165, 1.54) is 302 Å². The molecule has 0 heterocycles. The molecule has 0 spiro atoms. The Morgan fingerprint density at radius 1 is 0.400 bits per heavy atom. The normalized spacial score (nSPS) is 13.5. The van der Waals surface area contributed by atoms with Crippen LogP contribution < -0.4 is 10.2 Å². The number of amides is 1. The third kappa shape index (κ3) is 66.7. The van der Waals surface area contributed by atoms with Gasteiger partial charge in [-0.2, -0.15) is 0 Å². The highest BCUT2D eigenvalue weighted by Crippen LogP contribution is 2.38. The van der Waals surface area contributed by atoms with E-state index in [0.717, 1.165) is 57.8 Å². The number of phosphoric ester groups is 1. The van der Waals surface area contributed by atoms with Gasteiger partial charge in [-0.1, -0.05) is 347 Å². The van der Waals surface area contributed by atoms with Crippen LogP contribution in [0.1, 0.15) is 393 Å². The number of carbonyl (C=O) groups is 2. The molecule has 9 nitrogen and oxygen atoms in total.